The summed E-state index contributed by atoms with van der Waals surface area (Å²) >= 11 is 0. The van der Waals surface area contributed by atoms with Gasteiger partial charge < -0.3 is 0 Å². The Morgan fingerprint density at radius 2 is 1.53 bits per heavy atom. The zero-order valence-corrected chi connectivity index (χ0v) is 17.1. The highest BCUT2D eigenvalue weighted by Crippen LogP contribution is 2.37. The van der Waals surface area contributed by atoms with E-state index in [0.29, 0.717) is 18.1 Å². The normalized spacial score (nSPS) is 19.2. The highest BCUT2D eigenvalue weighted by Gasteiger charge is 2.33. The van der Waals surface area contributed by atoms with Crippen molar-refractivity contribution in [2.45, 2.75) is 64.0 Å². The summed E-state index contributed by atoms with van der Waals surface area (Å²) in [5.41, 5.74) is 1.49. The molecular formula is C24H28F6. The van der Waals surface area contributed by atoms with Crippen LogP contribution in [0.4, 0.5) is 26.3 Å². The summed E-state index contributed by atoms with van der Waals surface area (Å²) in [6.07, 6.45) is 3.34. The van der Waals surface area contributed by atoms with E-state index in [1.165, 1.54) is 49.7 Å². The largest absolute Gasteiger partial charge is 0.419 e. The van der Waals surface area contributed by atoms with Gasteiger partial charge in [0.25, 0.3) is 0 Å². The van der Waals surface area contributed by atoms with Crippen LogP contribution in [0.15, 0.2) is 42.5 Å². The topological polar surface area (TPSA) is 0 Å². The van der Waals surface area contributed by atoms with Crippen molar-refractivity contribution in [1.29, 1.82) is 0 Å². The molecule has 1 fully saturated rings. The summed E-state index contributed by atoms with van der Waals surface area (Å²) in [4.78, 5) is 0. The van der Waals surface area contributed by atoms with E-state index >= 15 is 0 Å². The number of halogens is 6. The van der Waals surface area contributed by atoms with Crippen molar-refractivity contribution in [3.05, 3.63) is 70.8 Å². The predicted octanol–water partition coefficient (Wildman–Crippen LogP) is 8.26. The Balaban J connectivity index is 0.000000232. The van der Waals surface area contributed by atoms with Gasteiger partial charge in [0.2, 0.25) is 0 Å². The molecule has 2 aromatic carbocycles. The molecule has 0 unspecified atom stereocenters. The van der Waals surface area contributed by atoms with Crippen molar-refractivity contribution >= 4 is 0 Å². The van der Waals surface area contributed by atoms with Gasteiger partial charge in [-0.25, -0.2) is 8.78 Å². The van der Waals surface area contributed by atoms with Gasteiger partial charge >= 0.3 is 6.18 Å². The highest BCUT2D eigenvalue weighted by molar-refractivity contribution is 5.26. The van der Waals surface area contributed by atoms with Crippen LogP contribution in [0.1, 0.15) is 68.1 Å². The standard InChI is InChI=1S/C17H25F.C7H3F5/c1-2-3-14-4-8-16(9-5-14)17-10-6-15(7-11-17)12-13-18;8-4-1-2-5(6(9)3-4)7(10,11)12/h4-5,8-9,15,17H,2-3,6-7,10-13H2,1H3;1-3H. The Labute approximate surface area is 174 Å². The van der Waals surface area contributed by atoms with Gasteiger partial charge in [-0.2, -0.15) is 13.2 Å². The van der Waals surface area contributed by atoms with Gasteiger partial charge in [-0.1, -0.05) is 37.6 Å². The van der Waals surface area contributed by atoms with Crippen LogP contribution in [-0.4, -0.2) is 6.67 Å². The molecule has 0 nitrogen and oxygen atoms in total. The SMILES string of the molecule is CCCc1ccc(C2CCC(CCF)CC2)cc1.Fc1ccc(C(F)(F)F)c(F)c1. The summed E-state index contributed by atoms with van der Waals surface area (Å²) in [5.74, 6) is -1.26. The summed E-state index contributed by atoms with van der Waals surface area (Å²) in [5, 5.41) is 0. The van der Waals surface area contributed by atoms with E-state index in [2.05, 4.69) is 31.2 Å². The van der Waals surface area contributed by atoms with Crippen LogP contribution in [0.3, 0.4) is 0 Å². The Bertz CT molecular complexity index is 758. The minimum atomic E-state index is -4.77. The second-order valence-electron chi connectivity index (χ2n) is 7.81. The van der Waals surface area contributed by atoms with E-state index < -0.39 is 23.4 Å². The monoisotopic (exact) mass is 430 g/mol. The molecule has 0 aliphatic heterocycles. The quantitative estimate of drug-likeness (QED) is 0.419. The van der Waals surface area contributed by atoms with Crippen molar-refractivity contribution in [2.75, 3.05) is 6.67 Å². The molecule has 0 amide bonds. The van der Waals surface area contributed by atoms with Crippen LogP contribution in [0, 0.1) is 17.6 Å². The summed E-state index contributed by atoms with van der Waals surface area (Å²) < 4.78 is 72.3. The summed E-state index contributed by atoms with van der Waals surface area (Å²) in [6, 6.07) is 10.3. The third kappa shape index (κ3) is 7.37. The van der Waals surface area contributed by atoms with E-state index in [4.69, 9.17) is 0 Å². The predicted molar refractivity (Wildman–Crippen MR) is 107 cm³/mol. The Morgan fingerprint density at radius 3 is 2.03 bits per heavy atom. The number of aryl methyl sites for hydroxylation is 1. The van der Waals surface area contributed by atoms with Crippen LogP contribution < -0.4 is 0 Å². The van der Waals surface area contributed by atoms with E-state index in [1.807, 2.05) is 0 Å². The van der Waals surface area contributed by atoms with E-state index in [-0.39, 0.29) is 12.7 Å². The third-order valence-electron chi connectivity index (χ3n) is 5.59. The molecule has 0 spiro atoms. The van der Waals surface area contributed by atoms with Crippen molar-refractivity contribution in [2.24, 2.45) is 5.92 Å². The zero-order valence-electron chi connectivity index (χ0n) is 17.1. The fourth-order valence-corrected chi connectivity index (χ4v) is 3.90. The molecule has 1 aliphatic rings. The number of benzene rings is 2. The second kappa shape index (κ2) is 11.4. The molecule has 1 saturated carbocycles. The van der Waals surface area contributed by atoms with Crippen molar-refractivity contribution in [1.82, 2.24) is 0 Å². The van der Waals surface area contributed by atoms with Gasteiger partial charge in [0.1, 0.15) is 11.6 Å². The summed E-state index contributed by atoms with van der Waals surface area (Å²) in [7, 11) is 0. The zero-order chi connectivity index (χ0) is 22.1. The number of alkyl halides is 4. The van der Waals surface area contributed by atoms with Crippen LogP contribution in [0.25, 0.3) is 0 Å². The lowest BCUT2D eigenvalue weighted by Gasteiger charge is -2.28. The summed E-state index contributed by atoms with van der Waals surface area (Å²) in [6.45, 7) is 2.08. The maximum Gasteiger partial charge on any atom is 0.419 e. The first-order valence-corrected chi connectivity index (χ1v) is 10.4. The Morgan fingerprint density at radius 1 is 0.900 bits per heavy atom. The smallest absolute Gasteiger partial charge is 0.251 e. The lowest BCUT2D eigenvalue weighted by Crippen LogP contribution is -2.13. The maximum atomic E-state index is 12.4. The number of hydrogen-bond acceptors (Lipinski definition) is 0. The molecule has 6 heteroatoms. The molecule has 0 bridgehead atoms. The third-order valence-corrected chi connectivity index (χ3v) is 5.59. The maximum absolute atomic E-state index is 12.4. The first-order valence-electron chi connectivity index (χ1n) is 10.4. The molecule has 30 heavy (non-hydrogen) atoms. The molecule has 0 saturated heterocycles. The van der Waals surface area contributed by atoms with Crippen LogP contribution in [-0.2, 0) is 12.6 Å². The molecule has 0 heterocycles. The van der Waals surface area contributed by atoms with E-state index in [9.17, 15) is 26.3 Å². The lowest BCUT2D eigenvalue weighted by atomic mass is 9.77. The fourth-order valence-electron chi connectivity index (χ4n) is 3.90. The molecule has 1 aliphatic carbocycles. The Kier molecular flexibility index (Phi) is 9.25. The van der Waals surface area contributed by atoms with E-state index in [0.717, 1.165) is 12.3 Å². The van der Waals surface area contributed by atoms with Crippen molar-refractivity contribution < 1.29 is 26.3 Å². The van der Waals surface area contributed by atoms with Gasteiger partial charge in [-0.05, 0) is 73.6 Å². The molecule has 0 radical (unpaired) electrons. The van der Waals surface area contributed by atoms with Crippen LogP contribution >= 0.6 is 0 Å². The minimum Gasteiger partial charge on any atom is -0.251 e. The van der Waals surface area contributed by atoms with Gasteiger partial charge in [0.15, 0.2) is 0 Å². The average Bonchev–Trinajstić information content (AvgIpc) is 2.69. The molecule has 3 rings (SSSR count). The number of rotatable bonds is 5. The minimum absolute atomic E-state index is 0.138. The lowest BCUT2D eigenvalue weighted by molar-refractivity contribution is -0.140. The Hall–Kier alpha value is -1.98. The van der Waals surface area contributed by atoms with Gasteiger partial charge in [0, 0.05) is 6.07 Å². The molecule has 0 aromatic heterocycles. The first-order chi connectivity index (χ1) is 14.2. The van der Waals surface area contributed by atoms with E-state index in [1.54, 1.807) is 0 Å². The van der Waals surface area contributed by atoms with Crippen molar-refractivity contribution in [3.63, 3.8) is 0 Å². The fraction of sp³-hybridized carbons (Fsp3) is 0.500. The van der Waals surface area contributed by atoms with Gasteiger partial charge in [0.05, 0.1) is 12.2 Å². The first kappa shape index (κ1) is 24.3. The molecular weight excluding hydrogens is 402 g/mol. The highest BCUT2D eigenvalue weighted by atomic mass is 19.4. The van der Waals surface area contributed by atoms with Crippen LogP contribution in [0.2, 0.25) is 0 Å². The van der Waals surface area contributed by atoms with Gasteiger partial charge in [-0.15, -0.1) is 0 Å². The second-order valence-corrected chi connectivity index (χ2v) is 7.81. The molecule has 166 valence electrons. The van der Waals surface area contributed by atoms with Gasteiger partial charge in [-0.3, -0.25) is 4.39 Å². The molecule has 2 aromatic rings. The van der Waals surface area contributed by atoms with Crippen LogP contribution in [0.5, 0.6) is 0 Å². The van der Waals surface area contributed by atoms with Crippen molar-refractivity contribution in [3.8, 4) is 0 Å². The molecule has 0 atom stereocenters. The number of hydrogen-bond donors (Lipinski definition) is 0. The average molecular weight is 430 g/mol. The molecule has 0 N–H and O–H groups in total.